The van der Waals surface area contributed by atoms with Crippen molar-refractivity contribution < 1.29 is 4.79 Å². The van der Waals surface area contributed by atoms with Crippen molar-refractivity contribution in [3.63, 3.8) is 0 Å². The highest BCUT2D eigenvalue weighted by Crippen LogP contribution is 2.36. The molecule has 1 aliphatic carbocycles. The van der Waals surface area contributed by atoms with Crippen molar-refractivity contribution in [3.8, 4) is 0 Å². The summed E-state index contributed by atoms with van der Waals surface area (Å²) in [6, 6.07) is 0. The quantitative estimate of drug-likeness (QED) is 0.851. The highest BCUT2D eigenvalue weighted by molar-refractivity contribution is 6.30. The molecule has 5 heteroatoms. The SMILES string of the molecule is Cc1nn(C)c(Cl)c1CC(=O)C1(N(C)C)CCCC1. The van der Waals surface area contributed by atoms with Gasteiger partial charge in [0.15, 0.2) is 5.78 Å². The molecule has 0 unspecified atom stereocenters. The second kappa shape index (κ2) is 5.25. The third-order valence-electron chi connectivity index (χ3n) is 4.41. The molecule has 1 aliphatic rings. The molecule has 0 radical (unpaired) electrons. The number of nitrogens with zero attached hydrogens (tertiary/aromatic N) is 3. The van der Waals surface area contributed by atoms with Crippen molar-refractivity contribution >= 4 is 17.4 Å². The Morgan fingerprint density at radius 2 is 2.00 bits per heavy atom. The zero-order valence-electron chi connectivity index (χ0n) is 12.2. The molecule has 2 rings (SSSR count). The second-order valence-electron chi connectivity index (χ2n) is 5.71. The summed E-state index contributed by atoms with van der Waals surface area (Å²) >= 11 is 6.22. The first kappa shape index (κ1) is 14.5. The lowest BCUT2D eigenvalue weighted by atomic mass is 9.87. The number of likely N-dealkylation sites (N-methyl/N-ethyl adjacent to an activating group) is 1. The molecule has 106 valence electrons. The van der Waals surface area contributed by atoms with Crippen LogP contribution in [-0.2, 0) is 18.3 Å². The predicted molar refractivity (Wildman–Crippen MR) is 76.6 cm³/mol. The van der Waals surface area contributed by atoms with Crippen LogP contribution in [0.5, 0.6) is 0 Å². The Bertz CT molecular complexity index is 487. The Labute approximate surface area is 119 Å². The standard InChI is InChI=1S/C14H22ClN3O/c1-10-11(13(15)18(4)16-10)9-12(19)14(17(2)3)7-5-6-8-14/h5-9H2,1-4H3. The molecule has 1 heterocycles. The highest BCUT2D eigenvalue weighted by atomic mass is 35.5. The van der Waals surface area contributed by atoms with Crippen molar-refractivity contribution in [1.82, 2.24) is 14.7 Å². The molecule has 0 amide bonds. The number of carbonyl (C=O) groups is 1. The van der Waals surface area contributed by atoms with E-state index in [1.165, 1.54) is 0 Å². The van der Waals surface area contributed by atoms with Gasteiger partial charge in [0.25, 0.3) is 0 Å². The molecule has 0 aliphatic heterocycles. The first-order valence-corrected chi connectivity index (χ1v) is 7.15. The Morgan fingerprint density at radius 1 is 1.42 bits per heavy atom. The fourth-order valence-electron chi connectivity index (χ4n) is 3.14. The number of rotatable bonds is 4. The summed E-state index contributed by atoms with van der Waals surface area (Å²) in [7, 11) is 5.81. The number of ketones is 1. The minimum absolute atomic E-state index is 0.271. The number of carbonyl (C=O) groups excluding carboxylic acids is 1. The fraction of sp³-hybridized carbons (Fsp3) is 0.714. The molecular weight excluding hydrogens is 262 g/mol. The maximum absolute atomic E-state index is 12.8. The minimum atomic E-state index is -0.300. The molecule has 1 fully saturated rings. The maximum Gasteiger partial charge on any atom is 0.157 e. The molecular formula is C14H22ClN3O. The summed E-state index contributed by atoms with van der Waals surface area (Å²) in [6.45, 7) is 1.91. The van der Waals surface area contributed by atoms with Gasteiger partial charge in [0.1, 0.15) is 5.15 Å². The summed E-state index contributed by atoms with van der Waals surface area (Å²) in [6.07, 6.45) is 4.55. The Kier molecular flexibility index (Phi) is 4.02. The van der Waals surface area contributed by atoms with E-state index in [0.29, 0.717) is 11.6 Å². The molecule has 0 N–H and O–H groups in total. The van der Waals surface area contributed by atoms with Crippen molar-refractivity contribution in [2.75, 3.05) is 14.1 Å². The number of aromatic nitrogens is 2. The molecule has 1 aromatic rings. The zero-order chi connectivity index (χ0) is 14.2. The van der Waals surface area contributed by atoms with Crippen molar-refractivity contribution in [3.05, 3.63) is 16.4 Å². The van der Waals surface area contributed by atoms with Crippen molar-refractivity contribution in [2.24, 2.45) is 7.05 Å². The topological polar surface area (TPSA) is 38.1 Å². The number of aryl methyl sites for hydroxylation is 2. The van der Waals surface area contributed by atoms with Gasteiger partial charge in [-0.25, -0.2) is 0 Å². The Hall–Kier alpha value is -0.870. The molecule has 0 aromatic carbocycles. The number of hydrogen-bond donors (Lipinski definition) is 0. The van der Waals surface area contributed by atoms with E-state index in [1.807, 2.05) is 21.0 Å². The first-order chi connectivity index (χ1) is 8.88. The van der Waals surface area contributed by atoms with Crippen LogP contribution >= 0.6 is 11.6 Å². The summed E-state index contributed by atoms with van der Waals surface area (Å²) in [5.41, 5.74) is 1.43. The number of Topliss-reactive ketones (excluding diaryl/α,β-unsaturated/α-hetero) is 1. The molecule has 0 spiro atoms. The van der Waals surface area contributed by atoms with E-state index in [-0.39, 0.29) is 11.3 Å². The van der Waals surface area contributed by atoms with Crippen molar-refractivity contribution in [1.29, 1.82) is 0 Å². The number of hydrogen-bond acceptors (Lipinski definition) is 3. The van der Waals surface area contributed by atoms with Crippen LogP contribution in [0, 0.1) is 6.92 Å². The van der Waals surface area contributed by atoms with E-state index in [1.54, 1.807) is 11.7 Å². The lowest BCUT2D eigenvalue weighted by molar-refractivity contribution is -0.128. The maximum atomic E-state index is 12.8. The smallest absolute Gasteiger partial charge is 0.157 e. The van der Waals surface area contributed by atoms with E-state index in [0.717, 1.165) is 36.9 Å². The van der Waals surface area contributed by atoms with Gasteiger partial charge >= 0.3 is 0 Å². The van der Waals surface area contributed by atoms with E-state index >= 15 is 0 Å². The molecule has 0 atom stereocenters. The van der Waals surface area contributed by atoms with Gasteiger partial charge in [0.2, 0.25) is 0 Å². The van der Waals surface area contributed by atoms with Crippen LogP contribution in [-0.4, -0.2) is 40.1 Å². The average molecular weight is 284 g/mol. The first-order valence-electron chi connectivity index (χ1n) is 6.77. The van der Waals surface area contributed by atoms with Gasteiger partial charge in [-0.05, 0) is 33.9 Å². The minimum Gasteiger partial charge on any atom is -0.297 e. The van der Waals surface area contributed by atoms with E-state index in [2.05, 4.69) is 10.00 Å². The highest BCUT2D eigenvalue weighted by Gasteiger charge is 2.42. The fourth-order valence-corrected chi connectivity index (χ4v) is 3.38. The monoisotopic (exact) mass is 283 g/mol. The Morgan fingerprint density at radius 3 is 2.42 bits per heavy atom. The second-order valence-corrected chi connectivity index (χ2v) is 6.07. The largest absolute Gasteiger partial charge is 0.297 e. The van der Waals surface area contributed by atoms with Gasteiger partial charge in [0, 0.05) is 19.0 Å². The van der Waals surface area contributed by atoms with Crippen LogP contribution in [0.25, 0.3) is 0 Å². The van der Waals surface area contributed by atoms with Crippen molar-refractivity contribution in [2.45, 2.75) is 44.6 Å². The molecule has 1 aromatic heterocycles. The van der Waals surface area contributed by atoms with Gasteiger partial charge in [0.05, 0.1) is 11.2 Å². The zero-order valence-corrected chi connectivity index (χ0v) is 12.9. The molecule has 19 heavy (non-hydrogen) atoms. The third-order valence-corrected chi connectivity index (χ3v) is 4.89. The lowest BCUT2D eigenvalue weighted by Gasteiger charge is -2.34. The average Bonchev–Trinajstić information content (AvgIpc) is 2.92. The van der Waals surface area contributed by atoms with Gasteiger partial charge in [-0.15, -0.1) is 0 Å². The molecule has 0 saturated heterocycles. The van der Waals surface area contributed by atoms with Gasteiger partial charge in [-0.3, -0.25) is 14.4 Å². The van der Waals surface area contributed by atoms with E-state index in [4.69, 9.17) is 11.6 Å². The van der Waals surface area contributed by atoms with E-state index in [9.17, 15) is 4.79 Å². The summed E-state index contributed by atoms with van der Waals surface area (Å²) < 4.78 is 1.64. The van der Waals surface area contributed by atoms with Crippen LogP contribution in [0.3, 0.4) is 0 Å². The van der Waals surface area contributed by atoms with Crippen LogP contribution < -0.4 is 0 Å². The third kappa shape index (κ3) is 2.43. The summed E-state index contributed by atoms with van der Waals surface area (Å²) in [4.78, 5) is 14.8. The van der Waals surface area contributed by atoms with E-state index < -0.39 is 0 Å². The van der Waals surface area contributed by atoms with Crippen LogP contribution in [0.2, 0.25) is 5.15 Å². The Balaban J connectivity index is 2.25. The predicted octanol–water partition coefficient (Wildman–Crippen LogP) is 2.37. The molecule has 1 saturated carbocycles. The molecule has 4 nitrogen and oxygen atoms in total. The lowest BCUT2D eigenvalue weighted by Crippen LogP contribution is -2.49. The van der Waals surface area contributed by atoms with Gasteiger partial charge < -0.3 is 0 Å². The normalized spacial score (nSPS) is 18.2. The molecule has 0 bridgehead atoms. The summed E-state index contributed by atoms with van der Waals surface area (Å²) in [5, 5.41) is 4.86. The van der Waals surface area contributed by atoms with Crippen LogP contribution in [0.4, 0.5) is 0 Å². The summed E-state index contributed by atoms with van der Waals surface area (Å²) in [5.74, 6) is 0.271. The van der Waals surface area contributed by atoms with Crippen LogP contribution in [0.15, 0.2) is 0 Å². The van der Waals surface area contributed by atoms with Gasteiger partial charge in [-0.2, -0.15) is 5.10 Å². The van der Waals surface area contributed by atoms with Crippen LogP contribution in [0.1, 0.15) is 36.9 Å². The van der Waals surface area contributed by atoms with Gasteiger partial charge in [-0.1, -0.05) is 24.4 Å². The number of halogens is 1.